The lowest BCUT2D eigenvalue weighted by Crippen LogP contribution is -2.34. The van der Waals surface area contributed by atoms with Crippen LogP contribution in [0, 0.1) is 5.92 Å². The number of hydrogen-bond donors (Lipinski definition) is 1. The highest BCUT2D eigenvalue weighted by molar-refractivity contribution is 4.94. The molecule has 3 rings (SSSR count). The van der Waals surface area contributed by atoms with Crippen LogP contribution < -0.4 is 5.84 Å². The van der Waals surface area contributed by atoms with Crippen LogP contribution >= 0.6 is 0 Å². The molecule has 2 saturated heterocycles. The van der Waals surface area contributed by atoms with Gasteiger partial charge in [-0.25, -0.2) is 5.01 Å². The Hall–Kier alpha value is -0.0800. The fourth-order valence-corrected chi connectivity index (χ4v) is 1.57. The van der Waals surface area contributed by atoms with Gasteiger partial charge in [-0.15, -0.1) is 0 Å². The van der Waals surface area contributed by atoms with E-state index in [-0.39, 0.29) is 0 Å². The minimum atomic E-state index is 0.769. The van der Waals surface area contributed by atoms with Gasteiger partial charge < -0.3 is 0 Å². The first-order valence-electron chi connectivity index (χ1n) is 2.87. The van der Waals surface area contributed by atoms with Crippen LogP contribution in [0.3, 0.4) is 0 Å². The van der Waals surface area contributed by atoms with E-state index in [1.54, 1.807) is 0 Å². The first kappa shape index (κ1) is 3.87. The smallest absolute Gasteiger partial charge is 0.0247 e. The Morgan fingerprint density at radius 3 is 2.29 bits per heavy atom. The molecule has 3 aliphatic rings. The molecule has 0 spiro atoms. The van der Waals surface area contributed by atoms with E-state index in [9.17, 15) is 0 Å². The molecule has 2 heterocycles. The van der Waals surface area contributed by atoms with Gasteiger partial charge in [-0.2, -0.15) is 0 Å². The molecular weight excluding hydrogens is 88.1 g/mol. The SMILES string of the molecule is NN1CC2CC1C2. The molecule has 3 fully saturated rings. The minimum absolute atomic E-state index is 0.769. The average molecular weight is 98.1 g/mol. The van der Waals surface area contributed by atoms with Crippen LogP contribution in [0.25, 0.3) is 0 Å². The molecule has 0 amide bonds. The third kappa shape index (κ3) is 0.359. The van der Waals surface area contributed by atoms with E-state index in [0.29, 0.717) is 0 Å². The van der Waals surface area contributed by atoms with Crippen molar-refractivity contribution in [2.75, 3.05) is 6.54 Å². The third-order valence-corrected chi connectivity index (χ3v) is 2.15. The second kappa shape index (κ2) is 1.01. The Bertz CT molecular complexity index is 86.1. The van der Waals surface area contributed by atoms with Crippen LogP contribution in [0.15, 0.2) is 0 Å². The van der Waals surface area contributed by atoms with Gasteiger partial charge in [-0.1, -0.05) is 0 Å². The minimum Gasteiger partial charge on any atom is -0.269 e. The van der Waals surface area contributed by atoms with Gasteiger partial charge in [0.2, 0.25) is 0 Å². The van der Waals surface area contributed by atoms with Crippen LogP contribution in [0.5, 0.6) is 0 Å². The van der Waals surface area contributed by atoms with E-state index in [1.165, 1.54) is 12.8 Å². The van der Waals surface area contributed by atoms with E-state index in [4.69, 9.17) is 5.84 Å². The molecule has 2 nitrogen and oxygen atoms in total. The molecule has 2 bridgehead atoms. The Morgan fingerprint density at radius 1 is 1.43 bits per heavy atom. The van der Waals surface area contributed by atoms with Crippen LogP contribution in [0.2, 0.25) is 0 Å². The zero-order chi connectivity index (χ0) is 4.85. The van der Waals surface area contributed by atoms with E-state index >= 15 is 0 Å². The monoisotopic (exact) mass is 98.1 g/mol. The highest BCUT2D eigenvalue weighted by Crippen LogP contribution is 2.37. The maximum Gasteiger partial charge on any atom is 0.0247 e. The summed E-state index contributed by atoms with van der Waals surface area (Å²) >= 11 is 0. The van der Waals surface area contributed by atoms with Gasteiger partial charge in [0.25, 0.3) is 0 Å². The average Bonchev–Trinajstić information content (AvgIpc) is 1.85. The summed E-state index contributed by atoms with van der Waals surface area (Å²) in [5.74, 6) is 6.52. The third-order valence-electron chi connectivity index (χ3n) is 2.15. The van der Waals surface area contributed by atoms with Crippen molar-refractivity contribution < 1.29 is 0 Å². The Balaban J connectivity index is 2.13. The molecule has 0 atom stereocenters. The molecule has 2 N–H and O–H groups in total. The second-order valence-corrected chi connectivity index (χ2v) is 2.69. The molecule has 0 aromatic carbocycles. The fourth-order valence-electron chi connectivity index (χ4n) is 1.57. The molecule has 0 aromatic heterocycles. The van der Waals surface area contributed by atoms with E-state index in [1.807, 2.05) is 5.01 Å². The Labute approximate surface area is 43.3 Å². The van der Waals surface area contributed by atoms with Crippen molar-refractivity contribution in [1.29, 1.82) is 0 Å². The molecule has 2 aliphatic heterocycles. The van der Waals surface area contributed by atoms with Crippen molar-refractivity contribution in [2.45, 2.75) is 18.9 Å². The summed E-state index contributed by atoms with van der Waals surface area (Å²) in [4.78, 5) is 0. The highest BCUT2D eigenvalue weighted by Gasteiger charge is 2.40. The summed E-state index contributed by atoms with van der Waals surface area (Å²) in [5, 5.41) is 1.98. The summed E-state index contributed by atoms with van der Waals surface area (Å²) < 4.78 is 0. The zero-order valence-corrected chi connectivity index (χ0v) is 4.30. The predicted octanol–water partition coefficient (Wildman–Crippen LogP) is -0.0457. The van der Waals surface area contributed by atoms with E-state index in [2.05, 4.69) is 0 Å². The van der Waals surface area contributed by atoms with Crippen molar-refractivity contribution in [1.82, 2.24) is 5.01 Å². The number of hydrogen-bond acceptors (Lipinski definition) is 2. The molecule has 0 radical (unpaired) electrons. The standard InChI is InChI=1S/C5H10N2/c6-7-3-4-1-5(7)2-4/h4-5H,1-3,6H2. The van der Waals surface area contributed by atoms with Gasteiger partial charge >= 0.3 is 0 Å². The van der Waals surface area contributed by atoms with Crippen molar-refractivity contribution in [3.05, 3.63) is 0 Å². The van der Waals surface area contributed by atoms with E-state index < -0.39 is 0 Å². The Morgan fingerprint density at radius 2 is 2.14 bits per heavy atom. The number of fused-ring (bicyclic) bond motifs is 1. The van der Waals surface area contributed by atoms with Crippen molar-refractivity contribution in [2.24, 2.45) is 11.8 Å². The van der Waals surface area contributed by atoms with Gasteiger partial charge in [0.05, 0.1) is 0 Å². The van der Waals surface area contributed by atoms with E-state index in [0.717, 1.165) is 18.5 Å². The summed E-state index contributed by atoms with van der Waals surface area (Å²) in [6.45, 7) is 1.16. The maximum absolute atomic E-state index is 5.55. The summed E-state index contributed by atoms with van der Waals surface area (Å²) in [6.07, 6.45) is 2.74. The van der Waals surface area contributed by atoms with Gasteiger partial charge in [0.1, 0.15) is 0 Å². The topological polar surface area (TPSA) is 29.3 Å². The highest BCUT2D eigenvalue weighted by atomic mass is 15.4. The summed E-state index contributed by atoms with van der Waals surface area (Å²) in [6, 6.07) is 0.769. The maximum atomic E-state index is 5.55. The van der Waals surface area contributed by atoms with Crippen molar-refractivity contribution >= 4 is 0 Å². The molecule has 2 heteroatoms. The number of nitrogens with two attached hydrogens (primary N) is 1. The normalized spacial score (nSPS) is 49.3. The lowest BCUT2D eigenvalue weighted by molar-refractivity contribution is 0.252. The van der Waals surface area contributed by atoms with Gasteiger partial charge in [0, 0.05) is 12.6 Å². The largest absolute Gasteiger partial charge is 0.269 e. The van der Waals surface area contributed by atoms with Gasteiger partial charge in [0.15, 0.2) is 0 Å². The van der Waals surface area contributed by atoms with Gasteiger partial charge in [-0.05, 0) is 18.8 Å². The molecule has 0 aromatic rings. The quantitative estimate of drug-likeness (QED) is 0.430. The predicted molar refractivity (Wildman–Crippen MR) is 27.4 cm³/mol. The first-order chi connectivity index (χ1) is 3.36. The second-order valence-electron chi connectivity index (χ2n) is 2.69. The molecule has 1 saturated carbocycles. The zero-order valence-electron chi connectivity index (χ0n) is 4.30. The number of hydrazine groups is 1. The van der Waals surface area contributed by atoms with Crippen LogP contribution in [-0.2, 0) is 0 Å². The molecular formula is C5H10N2. The molecule has 0 unspecified atom stereocenters. The molecule has 7 heavy (non-hydrogen) atoms. The van der Waals surface area contributed by atoms with Crippen LogP contribution in [0.1, 0.15) is 12.8 Å². The van der Waals surface area contributed by atoms with Crippen molar-refractivity contribution in [3.63, 3.8) is 0 Å². The summed E-state index contributed by atoms with van der Waals surface area (Å²) in [5.41, 5.74) is 0. The first-order valence-corrected chi connectivity index (χ1v) is 2.87. The lowest BCUT2D eigenvalue weighted by Gasteiger charge is -2.22. The van der Waals surface area contributed by atoms with Crippen LogP contribution in [0.4, 0.5) is 0 Å². The summed E-state index contributed by atoms with van der Waals surface area (Å²) in [7, 11) is 0. The lowest BCUT2D eigenvalue weighted by atomic mass is 9.87. The van der Waals surface area contributed by atoms with Crippen molar-refractivity contribution in [3.8, 4) is 0 Å². The molecule has 40 valence electrons. The molecule has 1 aliphatic carbocycles. The van der Waals surface area contributed by atoms with Crippen LogP contribution in [-0.4, -0.2) is 17.6 Å². The van der Waals surface area contributed by atoms with Gasteiger partial charge in [-0.3, -0.25) is 5.84 Å². The fraction of sp³-hybridized carbons (Fsp3) is 1.00. The number of rotatable bonds is 0. The Kier molecular flexibility index (Phi) is 0.557. The number of nitrogens with zero attached hydrogens (tertiary/aromatic N) is 1.